The summed E-state index contributed by atoms with van der Waals surface area (Å²) in [6.45, 7) is 1.37. The number of pyridine rings is 1. The summed E-state index contributed by atoms with van der Waals surface area (Å²) < 4.78 is 5.60. The molecule has 0 unspecified atom stereocenters. The van der Waals surface area contributed by atoms with E-state index < -0.39 is 0 Å². The summed E-state index contributed by atoms with van der Waals surface area (Å²) in [7, 11) is 0. The van der Waals surface area contributed by atoms with Gasteiger partial charge in [0.05, 0.1) is 6.26 Å². The van der Waals surface area contributed by atoms with E-state index in [1.54, 1.807) is 24.9 Å². The lowest BCUT2D eigenvalue weighted by Gasteiger charge is -2.16. The lowest BCUT2D eigenvalue weighted by molar-refractivity contribution is -0.117. The summed E-state index contributed by atoms with van der Waals surface area (Å²) in [5.74, 6) is 1.39. The third-order valence-corrected chi connectivity index (χ3v) is 5.31. The summed E-state index contributed by atoms with van der Waals surface area (Å²) in [6.07, 6.45) is 8.47. The largest absolute Gasteiger partial charge is 0.463 e. The molecule has 0 spiro atoms. The van der Waals surface area contributed by atoms with Crippen molar-refractivity contribution in [1.29, 1.82) is 0 Å². The molecule has 1 fully saturated rings. The predicted molar refractivity (Wildman–Crippen MR) is 118 cm³/mol. The van der Waals surface area contributed by atoms with Gasteiger partial charge in [0.25, 0.3) is 0 Å². The molecule has 0 bridgehead atoms. The Kier molecular flexibility index (Phi) is 5.14. The predicted octanol–water partition coefficient (Wildman–Crippen LogP) is 4.54. The Morgan fingerprint density at radius 2 is 1.90 bits per heavy atom. The average molecular weight is 411 g/mol. The summed E-state index contributed by atoms with van der Waals surface area (Å²) in [4.78, 5) is 27.0. The van der Waals surface area contributed by atoms with Crippen molar-refractivity contribution in [2.24, 2.45) is 0 Å². The van der Waals surface area contributed by atoms with E-state index in [4.69, 9.17) is 9.40 Å². The molecule has 1 amide bonds. The van der Waals surface area contributed by atoms with Crippen molar-refractivity contribution >= 4 is 17.5 Å². The second kappa shape index (κ2) is 8.39. The second-order valence-electron chi connectivity index (χ2n) is 7.34. The Morgan fingerprint density at radius 3 is 2.61 bits per heavy atom. The highest BCUT2D eigenvalue weighted by Gasteiger charge is 2.21. The van der Waals surface area contributed by atoms with Crippen LogP contribution in [0.3, 0.4) is 0 Å². The van der Waals surface area contributed by atoms with Gasteiger partial charge in [0, 0.05) is 49.4 Å². The van der Waals surface area contributed by atoms with Crippen molar-refractivity contribution in [2.75, 3.05) is 16.8 Å². The first kappa shape index (κ1) is 19.0. The van der Waals surface area contributed by atoms with Crippen molar-refractivity contribution < 1.29 is 9.21 Å². The fourth-order valence-electron chi connectivity index (χ4n) is 3.71. The number of nitrogens with zero attached hydrogens (tertiary/aromatic N) is 4. The Balaban J connectivity index is 1.35. The zero-order chi connectivity index (χ0) is 21.0. The van der Waals surface area contributed by atoms with Gasteiger partial charge in [0.15, 0.2) is 5.76 Å². The number of benzene rings is 1. The number of furan rings is 1. The molecule has 31 heavy (non-hydrogen) atoms. The van der Waals surface area contributed by atoms with Crippen LogP contribution in [-0.2, 0) is 11.3 Å². The van der Waals surface area contributed by atoms with E-state index in [0.29, 0.717) is 24.7 Å². The highest BCUT2D eigenvalue weighted by Crippen LogP contribution is 2.31. The second-order valence-corrected chi connectivity index (χ2v) is 7.34. The van der Waals surface area contributed by atoms with Gasteiger partial charge in [-0.1, -0.05) is 12.1 Å². The Labute approximate surface area is 179 Å². The molecule has 7 heteroatoms. The number of nitrogens with one attached hydrogen (secondary N) is 1. The number of amides is 1. The van der Waals surface area contributed by atoms with E-state index in [1.165, 1.54) is 0 Å². The standard InChI is InChI=1S/C24H21N5O2/c30-22-4-1-13-29(22)19-7-5-17(6-8-19)15-26-24-27-16-20(18-9-11-25-12-10-18)23(28-24)21-3-2-14-31-21/h2-3,5-12,14,16H,1,4,13,15H2,(H,26,27,28). The van der Waals surface area contributed by atoms with E-state index in [1.807, 2.05) is 53.4 Å². The molecule has 1 aromatic carbocycles. The minimum atomic E-state index is 0.194. The fourth-order valence-corrected chi connectivity index (χ4v) is 3.71. The molecule has 5 rings (SSSR count). The van der Waals surface area contributed by atoms with Gasteiger partial charge in [-0.3, -0.25) is 9.78 Å². The monoisotopic (exact) mass is 411 g/mol. The molecule has 0 saturated carbocycles. The van der Waals surface area contributed by atoms with Gasteiger partial charge in [0.2, 0.25) is 11.9 Å². The van der Waals surface area contributed by atoms with E-state index in [2.05, 4.69) is 15.3 Å². The van der Waals surface area contributed by atoms with Gasteiger partial charge in [-0.2, -0.15) is 0 Å². The minimum Gasteiger partial charge on any atom is -0.463 e. The normalized spacial score (nSPS) is 13.5. The number of carbonyl (C=O) groups excluding carboxylic acids is 1. The molecule has 0 aliphatic carbocycles. The van der Waals surface area contributed by atoms with Crippen molar-refractivity contribution in [3.8, 4) is 22.6 Å². The van der Waals surface area contributed by atoms with Gasteiger partial charge in [-0.05, 0) is 53.9 Å². The van der Waals surface area contributed by atoms with Crippen LogP contribution in [0.25, 0.3) is 22.6 Å². The number of anilines is 2. The SMILES string of the molecule is O=C1CCCN1c1ccc(CNc2ncc(-c3ccncc3)c(-c3ccco3)n2)cc1. The lowest BCUT2D eigenvalue weighted by Crippen LogP contribution is -2.23. The van der Waals surface area contributed by atoms with Crippen molar-refractivity contribution in [3.05, 3.63) is 78.9 Å². The molecule has 1 saturated heterocycles. The molecule has 3 aromatic heterocycles. The Morgan fingerprint density at radius 1 is 1.06 bits per heavy atom. The first-order valence-electron chi connectivity index (χ1n) is 10.2. The maximum Gasteiger partial charge on any atom is 0.227 e. The van der Waals surface area contributed by atoms with Gasteiger partial charge >= 0.3 is 0 Å². The molecule has 0 atom stereocenters. The number of rotatable bonds is 6. The highest BCUT2D eigenvalue weighted by atomic mass is 16.3. The van der Waals surface area contributed by atoms with Crippen LogP contribution in [0.4, 0.5) is 11.6 Å². The smallest absolute Gasteiger partial charge is 0.227 e. The molecule has 7 nitrogen and oxygen atoms in total. The average Bonchev–Trinajstić information content (AvgIpc) is 3.51. The third-order valence-electron chi connectivity index (χ3n) is 5.31. The number of hydrogen-bond acceptors (Lipinski definition) is 6. The Hall–Kier alpha value is -4.00. The zero-order valence-corrected chi connectivity index (χ0v) is 16.9. The molecule has 154 valence electrons. The van der Waals surface area contributed by atoms with Gasteiger partial charge < -0.3 is 14.6 Å². The molecule has 1 aliphatic heterocycles. The van der Waals surface area contributed by atoms with Crippen LogP contribution in [-0.4, -0.2) is 27.4 Å². The molecular formula is C24H21N5O2. The highest BCUT2D eigenvalue weighted by molar-refractivity contribution is 5.95. The molecule has 4 heterocycles. The first-order chi connectivity index (χ1) is 15.3. The van der Waals surface area contributed by atoms with E-state index in [0.717, 1.165) is 41.0 Å². The Bertz CT molecular complexity index is 1170. The third kappa shape index (κ3) is 4.02. The number of aromatic nitrogens is 3. The van der Waals surface area contributed by atoms with Gasteiger partial charge in [-0.15, -0.1) is 0 Å². The molecule has 0 radical (unpaired) electrons. The fraction of sp³-hybridized carbons (Fsp3) is 0.167. The van der Waals surface area contributed by atoms with Crippen LogP contribution in [0, 0.1) is 0 Å². The van der Waals surface area contributed by atoms with E-state index >= 15 is 0 Å². The van der Waals surface area contributed by atoms with Crippen LogP contribution in [0.15, 0.2) is 77.8 Å². The maximum atomic E-state index is 11.9. The summed E-state index contributed by atoms with van der Waals surface area (Å²) >= 11 is 0. The van der Waals surface area contributed by atoms with Crippen LogP contribution < -0.4 is 10.2 Å². The van der Waals surface area contributed by atoms with Crippen molar-refractivity contribution in [2.45, 2.75) is 19.4 Å². The molecule has 1 aliphatic rings. The lowest BCUT2D eigenvalue weighted by atomic mass is 10.1. The molecular weight excluding hydrogens is 390 g/mol. The number of carbonyl (C=O) groups is 1. The maximum absolute atomic E-state index is 11.9. The van der Waals surface area contributed by atoms with Crippen molar-refractivity contribution in [1.82, 2.24) is 15.0 Å². The van der Waals surface area contributed by atoms with Crippen LogP contribution in [0.5, 0.6) is 0 Å². The van der Waals surface area contributed by atoms with Crippen LogP contribution >= 0.6 is 0 Å². The van der Waals surface area contributed by atoms with Gasteiger partial charge in [-0.25, -0.2) is 9.97 Å². The van der Waals surface area contributed by atoms with E-state index in [-0.39, 0.29) is 5.91 Å². The summed E-state index contributed by atoms with van der Waals surface area (Å²) in [5, 5.41) is 3.28. The van der Waals surface area contributed by atoms with Gasteiger partial charge in [0.1, 0.15) is 5.69 Å². The van der Waals surface area contributed by atoms with Crippen LogP contribution in [0.2, 0.25) is 0 Å². The summed E-state index contributed by atoms with van der Waals surface area (Å²) in [5.41, 5.74) is 4.60. The zero-order valence-electron chi connectivity index (χ0n) is 16.9. The molecule has 1 N–H and O–H groups in total. The van der Waals surface area contributed by atoms with E-state index in [9.17, 15) is 4.79 Å². The van der Waals surface area contributed by atoms with Crippen LogP contribution in [0.1, 0.15) is 18.4 Å². The quantitative estimate of drug-likeness (QED) is 0.502. The number of hydrogen-bond donors (Lipinski definition) is 1. The summed E-state index contributed by atoms with van der Waals surface area (Å²) in [6, 6.07) is 15.6. The first-order valence-corrected chi connectivity index (χ1v) is 10.2. The topological polar surface area (TPSA) is 84.2 Å². The minimum absolute atomic E-state index is 0.194. The van der Waals surface area contributed by atoms with Crippen molar-refractivity contribution in [3.63, 3.8) is 0 Å². The molecule has 4 aromatic rings.